The maximum Gasteiger partial charge on any atom is 0.381 e. The van der Waals surface area contributed by atoms with Crippen LogP contribution in [0.25, 0.3) is 0 Å². The number of fused-ring (bicyclic) bond motifs is 1. The van der Waals surface area contributed by atoms with Crippen molar-refractivity contribution in [3.8, 4) is 11.6 Å². The second kappa shape index (κ2) is 11.1. The van der Waals surface area contributed by atoms with Crippen LogP contribution in [0.2, 0.25) is 5.02 Å². The molecule has 2 aliphatic heterocycles. The molecule has 2 fully saturated rings. The van der Waals surface area contributed by atoms with Crippen LogP contribution in [0.3, 0.4) is 0 Å². The van der Waals surface area contributed by atoms with E-state index in [0.717, 1.165) is 10.1 Å². The Balaban J connectivity index is 1.21. The van der Waals surface area contributed by atoms with Gasteiger partial charge in [-0.2, -0.15) is 4.98 Å². The molecule has 3 heterocycles. The molecular formula is C23H21ClN3O9PS. The topological polar surface area (TPSA) is 144 Å². The number of hydrogen-bond donors (Lipinski definition) is 1. The van der Waals surface area contributed by atoms with E-state index in [1.54, 1.807) is 36.4 Å². The van der Waals surface area contributed by atoms with E-state index in [2.05, 4.69) is 4.98 Å². The lowest BCUT2D eigenvalue weighted by Crippen LogP contribution is -2.40. The van der Waals surface area contributed by atoms with Crippen molar-refractivity contribution in [1.82, 2.24) is 9.55 Å². The number of nitro groups is 1. The van der Waals surface area contributed by atoms with E-state index in [9.17, 15) is 20.0 Å². The molecule has 38 heavy (non-hydrogen) atoms. The van der Waals surface area contributed by atoms with Gasteiger partial charge in [-0.05, 0) is 17.7 Å². The molecule has 1 N–H and O–H groups in total. The Bertz CT molecular complexity index is 1440. The summed E-state index contributed by atoms with van der Waals surface area (Å²) in [6, 6.07) is 14.3. The Morgan fingerprint density at radius 1 is 1.24 bits per heavy atom. The first-order valence-electron chi connectivity index (χ1n) is 11.4. The molecule has 1 aromatic heterocycles. The molecule has 0 aliphatic carbocycles. The molecule has 5 rings (SSSR count). The third-order valence-electron chi connectivity index (χ3n) is 5.87. The molecule has 5 unspecified atom stereocenters. The molecule has 0 saturated carbocycles. The van der Waals surface area contributed by atoms with Gasteiger partial charge in [0.05, 0.1) is 23.2 Å². The largest absolute Gasteiger partial charge is 0.477 e. The Morgan fingerprint density at radius 3 is 2.71 bits per heavy atom. The van der Waals surface area contributed by atoms with E-state index < -0.39 is 41.9 Å². The average molecular weight is 582 g/mol. The minimum absolute atomic E-state index is 0.00135. The standard InChI is InChI=1S/C23H21ClN3O9PS/c24-16-3-1-2-4-17(16)35-37(38)33-13-18-21(36-37)20(28)22(34-18)26-11-9-19(25-23(26)29)32-12-10-14-5-7-15(8-6-14)27(30)31/h1-9,11,18,20-22,28H,10,12-13H2. The summed E-state index contributed by atoms with van der Waals surface area (Å²) in [6.45, 7) is -3.11. The number of hydrogen-bond acceptors (Lipinski definition) is 11. The highest BCUT2D eigenvalue weighted by Crippen LogP contribution is 2.57. The minimum atomic E-state index is -3.30. The third kappa shape index (κ3) is 5.74. The summed E-state index contributed by atoms with van der Waals surface area (Å²) in [4.78, 5) is 26.9. The lowest BCUT2D eigenvalue weighted by molar-refractivity contribution is -0.384. The molecule has 15 heteroatoms. The quantitative estimate of drug-likeness (QED) is 0.237. The van der Waals surface area contributed by atoms with Crippen LogP contribution in [0.5, 0.6) is 11.6 Å². The molecule has 200 valence electrons. The number of nitro benzene ring substituents is 1. The number of aliphatic hydroxyl groups excluding tert-OH is 1. The number of aromatic nitrogens is 2. The molecule has 2 saturated heterocycles. The molecule has 2 aliphatic rings. The maximum atomic E-state index is 12.7. The zero-order valence-electron chi connectivity index (χ0n) is 19.5. The Morgan fingerprint density at radius 2 is 2.00 bits per heavy atom. The fourth-order valence-corrected chi connectivity index (χ4v) is 6.37. The van der Waals surface area contributed by atoms with Gasteiger partial charge in [-0.15, -0.1) is 0 Å². The summed E-state index contributed by atoms with van der Waals surface area (Å²) in [5.74, 6) is 0.381. The summed E-state index contributed by atoms with van der Waals surface area (Å²) >= 11 is 11.6. The number of rotatable bonds is 8. The van der Waals surface area contributed by atoms with Crippen molar-refractivity contribution in [3.63, 3.8) is 0 Å². The van der Waals surface area contributed by atoms with E-state index >= 15 is 0 Å². The van der Waals surface area contributed by atoms with Crippen LogP contribution in [-0.4, -0.2) is 51.1 Å². The van der Waals surface area contributed by atoms with Crippen LogP contribution in [0.4, 0.5) is 5.69 Å². The Labute approximate surface area is 226 Å². The number of para-hydroxylation sites is 1. The van der Waals surface area contributed by atoms with Crippen LogP contribution in [0.1, 0.15) is 11.8 Å². The van der Waals surface area contributed by atoms with Gasteiger partial charge in [-0.1, -0.05) is 35.9 Å². The van der Waals surface area contributed by atoms with Gasteiger partial charge >= 0.3 is 12.4 Å². The lowest BCUT2D eigenvalue weighted by Gasteiger charge is -2.33. The number of non-ortho nitro benzene ring substituents is 1. The van der Waals surface area contributed by atoms with Gasteiger partial charge in [0.25, 0.3) is 5.69 Å². The van der Waals surface area contributed by atoms with Crippen molar-refractivity contribution in [1.29, 1.82) is 0 Å². The number of ether oxygens (including phenoxy) is 2. The van der Waals surface area contributed by atoms with Crippen LogP contribution < -0.4 is 15.0 Å². The zero-order valence-corrected chi connectivity index (χ0v) is 22.0. The molecule has 0 amide bonds. The monoisotopic (exact) mass is 581 g/mol. The fourth-order valence-electron chi connectivity index (χ4n) is 3.97. The Kier molecular flexibility index (Phi) is 7.78. The number of aliphatic hydroxyl groups is 1. The predicted molar refractivity (Wildman–Crippen MR) is 138 cm³/mol. The van der Waals surface area contributed by atoms with E-state index in [4.69, 9.17) is 46.5 Å². The average Bonchev–Trinajstić information content (AvgIpc) is 3.21. The summed E-state index contributed by atoms with van der Waals surface area (Å²) in [5.41, 5.74) is 0.130. The molecule has 0 radical (unpaired) electrons. The van der Waals surface area contributed by atoms with Crippen molar-refractivity contribution >= 4 is 35.8 Å². The van der Waals surface area contributed by atoms with Gasteiger partial charge in [-0.25, -0.2) is 4.79 Å². The lowest BCUT2D eigenvalue weighted by atomic mass is 10.1. The molecule has 0 spiro atoms. The second-order valence-corrected chi connectivity index (χ2v) is 11.7. The van der Waals surface area contributed by atoms with Crippen molar-refractivity contribution in [3.05, 3.63) is 92.0 Å². The highest BCUT2D eigenvalue weighted by molar-refractivity contribution is 8.07. The molecule has 0 bridgehead atoms. The van der Waals surface area contributed by atoms with E-state index in [-0.39, 0.29) is 24.8 Å². The summed E-state index contributed by atoms with van der Waals surface area (Å²) < 4.78 is 29.8. The summed E-state index contributed by atoms with van der Waals surface area (Å²) in [6.07, 6.45) is -2.08. The normalized spacial score (nSPS) is 26.5. The van der Waals surface area contributed by atoms with Gasteiger partial charge in [0.15, 0.2) is 6.23 Å². The summed E-state index contributed by atoms with van der Waals surface area (Å²) in [7, 11) is 0. The molecule has 3 aromatic rings. The zero-order chi connectivity index (χ0) is 26.9. The number of halogens is 1. The third-order valence-corrected chi connectivity index (χ3v) is 8.37. The first-order chi connectivity index (χ1) is 18.2. The summed E-state index contributed by atoms with van der Waals surface area (Å²) in [5, 5.41) is 22.0. The van der Waals surface area contributed by atoms with Gasteiger partial charge < -0.3 is 19.1 Å². The Hall–Kier alpha value is -2.90. The molecular weight excluding hydrogens is 561 g/mol. The van der Waals surface area contributed by atoms with Gasteiger partial charge in [0.1, 0.15) is 24.1 Å². The second-order valence-electron chi connectivity index (χ2n) is 8.37. The fraction of sp³-hybridized carbons (Fsp3) is 0.304. The number of benzene rings is 2. The van der Waals surface area contributed by atoms with E-state index in [0.29, 0.717) is 17.2 Å². The molecule has 2 aromatic carbocycles. The van der Waals surface area contributed by atoms with Gasteiger partial charge in [0.2, 0.25) is 5.88 Å². The first kappa shape index (κ1) is 26.7. The van der Waals surface area contributed by atoms with Crippen LogP contribution in [0.15, 0.2) is 65.6 Å². The first-order valence-corrected chi connectivity index (χ1v) is 14.3. The van der Waals surface area contributed by atoms with E-state index in [1.807, 2.05) is 0 Å². The van der Waals surface area contributed by atoms with Gasteiger partial charge in [-0.3, -0.25) is 23.7 Å². The van der Waals surface area contributed by atoms with Crippen molar-refractivity contribution in [2.75, 3.05) is 13.2 Å². The van der Waals surface area contributed by atoms with Crippen molar-refractivity contribution < 1.29 is 33.1 Å². The minimum Gasteiger partial charge on any atom is -0.477 e. The maximum absolute atomic E-state index is 12.7. The molecule has 5 atom stereocenters. The molecule has 12 nitrogen and oxygen atoms in total. The number of nitrogens with zero attached hydrogens (tertiary/aromatic N) is 3. The smallest absolute Gasteiger partial charge is 0.381 e. The van der Waals surface area contributed by atoms with E-state index in [1.165, 1.54) is 24.4 Å². The predicted octanol–water partition coefficient (Wildman–Crippen LogP) is 3.40. The van der Waals surface area contributed by atoms with Crippen molar-refractivity contribution in [2.24, 2.45) is 0 Å². The van der Waals surface area contributed by atoms with Crippen LogP contribution >= 0.6 is 18.3 Å². The van der Waals surface area contributed by atoms with Crippen LogP contribution in [0, 0.1) is 10.1 Å². The highest BCUT2D eigenvalue weighted by Gasteiger charge is 2.52. The van der Waals surface area contributed by atoms with Crippen LogP contribution in [-0.2, 0) is 32.0 Å². The SMILES string of the molecule is O=c1nc(OCCc2ccc([N+](=O)[O-])cc2)ccn1C1OC2COP(=S)(Oc3ccccc3Cl)OC2C1O. The van der Waals surface area contributed by atoms with Crippen molar-refractivity contribution in [2.45, 2.75) is 31.0 Å². The highest BCUT2D eigenvalue weighted by atomic mass is 35.5. The van der Waals surface area contributed by atoms with Gasteiger partial charge in [0, 0.05) is 42.6 Å².